The zero-order valence-electron chi connectivity index (χ0n) is 12.9. The van der Waals surface area contributed by atoms with Crippen LogP contribution in [0.25, 0.3) is 0 Å². The van der Waals surface area contributed by atoms with Crippen molar-refractivity contribution < 1.29 is 26.4 Å². The van der Waals surface area contributed by atoms with Gasteiger partial charge in [0.05, 0.1) is 4.90 Å². The van der Waals surface area contributed by atoms with Crippen LogP contribution in [0.4, 0.5) is 4.79 Å². The Bertz CT molecular complexity index is 771. The summed E-state index contributed by atoms with van der Waals surface area (Å²) >= 11 is 5.04. The molecule has 0 radical (unpaired) electrons. The third-order valence-electron chi connectivity index (χ3n) is 3.17. The predicted molar refractivity (Wildman–Crippen MR) is 85.5 cm³/mol. The fraction of sp³-hybridized carbons (Fsp3) is 0.462. The van der Waals surface area contributed by atoms with Crippen molar-refractivity contribution in [1.29, 1.82) is 0 Å². The Morgan fingerprint density at radius 3 is 2.04 bits per heavy atom. The molecule has 0 N–H and O–H groups in total. The second-order valence-corrected chi connectivity index (χ2v) is 8.91. The van der Waals surface area contributed by atoms with E-state index in [4.69, 9.17) is 11.6 Å². The molecule has 0 fully saturated rings. The molecule has 10 heteroatoms. The number of nitrogens with zero attached hydrogens (tertiary/aromatic N) is 1. The van der Waals surface area contributed by atoms with Crippen molar-refractivity contribution >= 4 is 36.9 Å². The molecule has 0 saturated carbocycles. The summed E-state index contributed by atoms with van der Waals surface area (Å²) in [4.78, 5) is 9.97. The molecule has 0 saturated heterocycles. The van der Waals surface area contributed by atoms with Crippen LogP contribution in [0.2, 0.25) is 0 Å². The Balaban J connectivity index is 3.50. The summed E-state index contributed by atoms with van der Waals surface area (Å²) in [5.74, 6) is 0. The van der Waals surface area contributed by atoms with Crippen LogP contribution in [0.3, 0.4) is 0 Å². The number of carbonyl (C=O) groups excluding carboxylic acids is 1. The highest BCUT2D eigenvalue weighted by atomic mass is 35.5. The first kappa shape index (κ1) is 19.9. The lowest BCUT2D eigenvalue weighted by Gasteiger charge is -2.21. The van der Waals surface area contributed by atoms with Crippen molar-refractivity contribution in [2.75, 3.05) is 13.1 Å². The van der Waals surface area contributed by atoms with Gasteiger partial charge in [0.25, 0.3) is 0 Å². The highest BCUT2D eigenvalue weighted by Crippen LogP contribution is 2.27. The minimum absolute atomic E-state index is 0.194. The van der Waals surface area contributed by atoms with Gasteiger partial charge in [0, 0.05) is 24.7 Å². The standard InChI is InChI=1S/C13H18ClNO6S2/c1-4-15(5-2)23(19,20)12-9-7-6-8-11(12)22(17,18)10(3)21-13(14)16/h6-10H,4-5H2,1-3H3. The molecule has 7 nitrogen and oxygen atoms in total. The minimum Gasteiger partial charge on any atom is -0.434 e. The number of rotatable bonds is 7. The van der Waals surface area contributed by atoms with E-state index in [1.165, 1.54) is 18.2 Å². The molecule has 1 aromatic rings. The maximum atomic E-state index is 12.6. The van der Waals surface area contributed by atoms with Gasteiger partial charge >= 0.3 is 5.43 Å². The lowest BCUT2D eigenvalue weighted by Crippen LogP contribution is -2.32. The molecule has 23 heavy (non-hydrogen) atoms. The van der Waals surface area contributed by atoms with Gasteiger partial charge in [0.1, 0.15) is 4.90 Å². The van der Waals surface area contributed by atoms with Gasteiger partial charge in [0.15, 0.2) is 0 Å². The molecule has 0 aliphatic heterocycles. The molecule has 130 valence electrons. The molecule has 0 amide bonds. The SMILES string of the molecule is CCN(CC)S(=O)(=O)c1ccccc1S(=O)(=O)C(C)OC(=O)Cl. The van der Waals surface area contributed by atoms with Crippen LogP contribution in [0.5, 0.6) is 0 Å². The Kier molecular flexibility index (Phi) is 6.58. The molecule has 0 aliphatic carbocycles. The average Bonchev–Trinajstić information content (AvgIpc) is 2.47. The van der Waals surface area contributed by atoms with Crippen molar-refractivity contribution in [3.8, 4) is 0 Å². The van der Waals surface area contributed by atoms with Crippen molar-refractivity contribution in [2.24, 2.45) is 0 Å². The number of benzene rings is 1. The largest absolute Gasteiger partial charge is 0.434 e. The zero-order valence-corrected chi connectivity index (χ0v) is 15.3. The fourth-order valence-electron chi connectivity index (χ4n) is 1.97. The molecule has 0 heterocycles. The van der Waals surface area contributed by atoms with E-state index >= 15 is 0 Å². The van der Waals surface area contributed by atoms with Crippen LogP contribution in [0, 0.1) is 0 Å². The molecule has 1 unspecified atom stereocenters. The van der Waals surface area contributed by atoms with E-state index in [9.17, 15) is 21.6 Å². The van der Waals surface area contributed by atoms with Crippen LogP contribution < -0.4 is 0 Å². The van der Waals surface area contributed by atoms with E-state index in [0.29, 0.717) is 0 Å². The van der Waals surface area contributed by atoms with Gasteiger partial charge in [-0.25, -0.2) is 21.6 Å². The summed E-state index contributed by atoms with van der Waals surface area (Å²) in [5, 5.41) is 0. The fourth-order valence-corrected chi connectivity index (χ4v) is 5.54. The molecule has 1 rings (SSSR count). The molecule has 0 bridgehead atoms. The van der Waals surface area contributed by atoms with E-state index < -0.39 is 35.6 Å². The van der Waals surface area contributed by atoms with Crippen molar-refractivity contribution in [1.82, 2.24) is 4.31 Å². The normalized spacial score (nSPS) is 13.8. The van der Waals surface area contributed by atoms with Gasteiger partial charge in [0.2, 0.25) is 25.3 Å². The molecule has 0 aromatic heterocycles. The number of hydrogen-bond acceptors (Lipinski definition) is 6. The van der Waals surface area contributed by atoms with Crippen molar-refractivity contribution in [3.05, 3.63) is 24.3 Å². The number of ether oxygens (including phenoxy) is 1. The second kappa shape index (κ2) is 7.61. The van der Waals surface area contributed by atoms with Gasteiger partial charge in [-0.2, -0.15) is 4.31 Å². The summed E-state index contributed by atoms with van der Waals surface area (Å²) in [7, 11) is -8.23. The molecule has 1 atom stereocenters. The van der Waals surface area contributed by atoms with Crippen LogP contribution in [-0.2, 0) is 24.6 Å². The molecule has 0 spiro atoms. The Labute approximate surface area is 141 Å². The van der Waals surface area contributed by atoms with E-state index in [2.05, 4.69) is 4.74 Å². The summed E-state index contributed by atoms with van der Waals surface area (Å²) in [5.41, 5.74) is -2.90. The maximum Gasteiger partial charge on any atom is 0.405 e. The van der Waals surface area contributed by atoms with Crippen LogP contribution >= 0.6 is 11.6 Å². The summed E-state index contributed by atoms with van der Waals surface area (Å²) in [6.45, 7) is 4.79. The smallest absolute Gasteiger partial charge is 0.405 e. The molecule has 1 aromatic carbocycles. The van der Waals surface area contributed by atoms with E-state index in [0.717, 1.165) is 17.3 Å². The molecule has 0 aliphatic rings. The first-order valence-corrected chi connectivity index (χ1v) is 10.1. The average molecular weight is 384 g/mol. The number of hydrogen-bond donors (Lipinski definition) is 0. The van der Waals surface area contributed by atoms with Crippen molar-refractivity contribution in [3.63, 3.8) is 0 Å². The Morgan fingerprint density at radius 1 is 1.13 bits per heavy atom. The Hall–Kier alpha value is -1.16. The summed E-state index contributed by atoms with van der Waals surface area (Å²) in [6, 6.07) is 5.18. The Morgan fingerprint density at radius 2 is 1.61 bits per heavy atom. The minimum atomic E-state index is -4.23. The lowest BCUT2D eigenvalue weighted by molar-refractivity contribution is 0.164. The van der Waals surface area contributed by atoms with Gasteiger partial charge in [-0.05, 0) is 19.1 Å². The van der Waals surface area contributed by atoms with E-state index in [1.807, 2.05) is 0 Å². The topological polar surface area (TPSA) is 97.8 Å². The third kappa shape index (κ3) is 4.23. The third-order valence-corrected chi connectivity index (χ3v) is 7.44. The first-order chi connectivity index (χ1) is 10.6. The number of sulfonamides is 1. The molecular formula is C13H18ClNO6S2. The van der Waals surface area contributed by atoms with E-state index in [-0.39, 0.29) is 18.0 Å². The quantitative estimate of drug-likeness (QED) is 0.669. The van der Waals surface area contributed by atoms with Gasteiger partial charge in [-0.15, -0.1) is 0 Å². The monoisotopic (exact) mass is 383 g/mol. The van der Waals surface area contributed by atoms with Gasteiger partial charge < -0.3 is 4.74 Å². The number of sulfone groups is 1. The highest BCUT2D eigenvalue weighted by Gasteiger charge is 2.34. The van der Waals surface area contributed by atoms with Gasteiger partial charge in [-0.3, -0.25) is 0 Å². The summed E-state index contributed by atoms with van der Waals surface area (Å²) in [6.07, 6.45) is 0. The maximum absolute atomic E-state index is 12.6. The zero-order chi connectivity index (χ0) is 17.8. The van der Waals surface area contributed by atoms with Crippen molar-refractivity contribution in [2.45, 2.75) is 36.0 Å². The van der Waals surface area contributed by atoms with E-state index in [1.54, 1.807) is 13.8 Å². The lowest BCUT2D eigenvalue weighted by atomic mass is 10.4. The second-order valence-electron chi connectivity index (χ2n) is 4.50. The number of halogens is 1. The van der Waals surface area contributed by atoms with Crippen LogP contribution in [0.1, 0.15) is 20.8 Å². The van der Waals surface area contributed by atoms with Crippen LogP contribution in [0.15, 0.2) is 34.1 Å². The highest BCUT2D eigenvalue weighted by molar-refractivity contribution is 7.94. The number of carbonyl (C=O) groups is 1. The predicted octanol–water partition coefficient (Wildman–Crippen LogP) is 2.21. The molecular weight excluding hydrogens is 366 g/mol. The van der Waals surface area contributed by atoms with Crippen LogP contribution in [-0.4, -0.2) is 45.1 Å². The first-order valence-electron chi connectivity index (χ1n) is 6.78. The summed E-state index contributed by atoms with van der Waals surface area (Å²) < 4.78 is 55.9. The van der Waals surface area contributed by atoms with Gasteiger partial charge in [-0.1, -0.05) is 26.0 Å².